The maximum Gasteiger partial charge on any atom is 0.409 e. The van der Waals surface area contributed by atoms with Crippen LogP contribution in [0, 0.1) is 11.6 Å². The third kappa shape index (κ3) is 6.11. The standard InChI is InChI=1S/C27H27ClF2N6O4S/c1-34(2)27(38)40-14-21(36-25(37)23(33-26(36)31)16-9-17(29)12-18(30)10-16)15-3-4-20(28)19(11-15)24-32-13-22(41-24)35-5-7-39-8-6-35/h3-4,9-13,21,23H,5-8,14H2,1-2H3,(H2,31,33)/t21-,23-/m1/s1. The molecule has 0 aliphatic carbocycles. The smallest absolute Gasteiger partial charge is 0.409 e. The van der Waals surface area contributed by atoms with Crippen molar-refractivity contribution in [1.29, 1.82) is 0 Å². The van der Waals surface area contributed by atoms with Crippen molar-refractivity contribution < 1.29 is 27.8 Å². The van der Waals surface area contributed by atoms with E-state index in [0.717, 1.165) is 30.2 Å². The number of morpholine rings is 1. The van der Waals surface area contributed by atoms with E-state index < -0.39 is 35.7 Å². The van der Waals surface area contributed by atoms with Crippen LogP contribution in [0.15, 0.2) is 47.6 Å². The zero-order valence-electron chi connectivity index (χ0n) is 22.2. The third-order valence-corrected chi connectivity index (χ3v) is 8.06. The number of carbonyl (C=O) groups excluding carboxylic acids is 2. The molecule has 0 radical (unpaired) electrons. The maximum absolute atomic E-state index is 13.9. The lowest BCUT2D eigenvalue weighted by Gasteiger charge is -2.29. The Hall–Kier alpha value is -3.81. The van der Waals surface area contributed by atoms with E-state index in [1.165, 1.54) is 35.2 Å². The van der Waals surface area contributed by atoms with Crippen LogP contribution in [0.25, 0.3) is 10.6 Å². The van der Waals surface area contributed by atoms with Gasteiger partial charge in [0, 0.05) is 38.8 Å². The summed E-state index contributed by atoms with van der Waals surface area (Å²) in [5.41, 5.74) is 7.37. The number of hydrogen-bond donors (Lipinski definition) is 1. The lowest BCUT2D eigenvalue weighted by molar-refractivity contribution is -0.129. The Labute approximate surface area is 243 Å². The molecule has 0 bridgehead atoms. The lowest BCUT2D eigenvalue weighted by Crippen LogP contribution is -2.43. The minimum atomic E-state index is -1.27. The van der Waals surface area contributed by atoms with Crippen LogP contribution < -0.4 is 10.6 Å². The Bertz CT molecular complexity index is 1480. The van der Waals surface area contributed by atoms with E-state index in [1.54, 1.807) is 24.4 Å². The molecule has 2 aliphatic heterocycles. The summed E-state index contributed by atoms with van der Waals surface area (Å²) in [7, 11) is 3.05. The lowest BCUT2D eigenvalue weighted by atomic mass is 10.0. The van der Waals surface area contributed by atoms with Gasteiger partial charge in [-0.15, -0.1) is 0 Å². The molecule has 2 amide bonds. The van der Waals surface area contributed by atoms with Gasteiger partial charge in [-0.3, -0.25) is 9.69 Å². The SMILES string of the molecule is CN(C)C(=O)OC[C@H](c1ccc(Cl)c(-c2ncc(N3CCOCC3)s2)c1)N1C(=O)[C@@H](c2cc(F)cc(F)c2)N=C1N. The number of guanidine groups is 1. The fraction of sp³-hybridized carbons (Fsp3) is 0.333. The molecule has 14 heteroatoms. The van der Waals surface area contributed by atoms with Crippen LogP contribution in [0.5, 0.6) is 0 Å². The van der Waals surface area contributed by atoms with Crippen molar-refractivity contribution in [1.82, 2.24) is 14.8 Å². The first-order valence-electron chi connectivity index (χ1n) is 12.7. The second-order valence-corrected chi connectivity index (χ2v) is 11.0. The van der Waals surface area contributed by atoms with Gasteiger partial charge >= 0.3 is 6.09 Å². The van der Waals surface area contributed by atoms with Gasteiger partial charge in [-0.25, -0.2) is 23.6 Å². The van der Waals surface area contributed by atoms with Gasteiger partial charge in [-0.05, 0) is 35.4 Å². The molecule has 2 atom stereocenters. The van der Waals surface area contributed by atoms with Crippen LogP contribution in [0.3, 0.4) is 0 Å². The zero-order valence-corrected chi connectivity index (χ0v) is 23.8. The number of aliphatic imine (C=N–C) groups is 1. The monoisotopic (exact) mass is 604 g/mol. The highest BCUT2D eigenvalue weighted by Crippen LogP contribution is 2.39. The maximum atomic E-state index is 13.9. The Morgan fingerprint density at radius 2 is 1.93 bits per heavy atom. The summed E-state index contributed by atoms with van der Waals surface area (Å²) >= 11 is 8.06. The molecule has 0 unspecified atom stereocenters. The average Bonchev–Trinajstić information content (AvgIpc) is 3.54. The number of benzene rings is 2. The Balaban J connectivity index is 1.49. The molecule has 2 aliphatic rings. The minimum Gasteiger partial charge on any atom is -0.447 e. The van der Waals surface area contributed by atoms with Gasteiger partial charge in [0.2, 0.25) is 0 Å². The summed E-state index contributed by atoms with van der Waals surface area (Å²) < 4.78 is 38.8. The molecule has 2 N–H and O–H groups in total. The number of halogens is 3. The van der Waals surface area contributed by atoms with Gasteiger partial charge in [-0.2, -0.15) is 0 Å². The third-order valence-electron chi connectivity index (χ3n) is 6.64. The van der Waals surface area contributed by atoms with Crippen molar-refractivity contribution >= 4 is 45.9 Å². The zero-order chi connectivity index (χ0) is 29.3. The van der Waals surface area contributed by atoms with E-state index in [2.05, 4.69) is 14.9 Å². The average molecular weight is 605 g/mol. The molecular formula is C27H27ClF2N6O4S. The fourth-order valence-electron chi connectivity index (χ4n) is 4.59. The topological polar surface area (TPSA) is 114 Å². The molecule has 3 heterocycles. The Kier molecular flexibility index (Phi) is 8.38. The number of amides is 2. The van der Waals surface area contributed by atoms with E-state index in [9.17, 15) is 18.4 Å². The van der Waals surface area contributed by atoms with Crippen molar-refractivity contribution in [2.75, 3.05) is 51.9 Å². The van der Waals surface area contributed by atoms with E-state index in [1.807, 2.05) is 0 Å². The number of nitrogens with two attached hydrogens (primary N) is 1. The molecule has 1 aromatic heterocycles. The molecular weight excluding hydrogens is 578 g/mol. The minimum absolute atomic E-state index is 0.0113. The van der Waals surface area contributed by atoms with Gasteiger partial charge in [-0.1, -0.05) is 29.0 Å². The fourth-order valence-corrected chi connectivity index (χ4v) is 5.85. The summed E-state index contributed by atoms with van der Waals surface area (Å²) in [6, 6.07) is 5.68. The molecule has 1 fully saturated rings. The summed E-state index contributed by atoms with van der Waals surface area (Å²) in [5.74, 6) is -2.51. The van der Waals surface area contributed by atoms with E-state index in [-0.39, 0.29) is 18.1 Å². The molecule has 5 rings (SSSR count). The van der Waals surface area contributed by atoms with Crippen LogP contribution in [0.2, 0.25) is 5.02 Å². The number of anilines is 1. The number of thiazole rings is 1. The van der Waals surface area contributed by atoms with E-state index >= 15 is 0 Å². The predicted molar refractivity (Wildman–Crippen MR) is 151 cm³/mol. The molecule has 10 nitrogen and oxygen atoms in total. The van der Waals surface area contributed by atoms with Crippen molar-refractivity contribution in [3.63, 3.8) is 0 Å². The van der Waals surface area contributed by atoms with Crippen LogP contribution in [-0.2, 0) is 14.3 Å². The van der Waals surface area contributed by atoms with Crippen molar-refractivity contribution in [3.05, 3.63) is 70.4 Å². The second-order valence-electron chi connectivity index (χ2n) is 9.63. The quantitative estimate of drug-likeness (QED) is 0.430. The molecule has 41 heavy (non-hydrogen) atoms. The number of carbonyl (C=O) groups is 2. The van der Waals surface area contributed by atoms with Crippen molar-refractivity contribution in [3.8, 4) is 10.6 Å². The van der Waals surface area contributed by atoms with Crippen LogP contribution >= 0.6 is 22.9 Å². The summed E-state index contributed by atoms with van der Waals surface area (Å²) in [4.78, 5) is 39.3. The Morgan fingerprint density at radius 1 is 1.22 bits per heavy atom. The largest absolute Gasteiger partial charge is 0.447 e. The second kappa shape index (κ2) is 12.0. The van der Waals surface area contributed by atoms with Gasteiger partial charge in [0.15, 0.2) is 12.0 Å². The first-order chi connectivity index (χ1) is 19.6. The molecule has 0 saturated carbocycles. The molecule has 3 aromatic rings. The van der Waals surface area contributed by atoms with Gasteiger partial charge in [0.1, 0.15) is 28.3 Å². The normalized spacial score (nSPS) is 17.9. The van der Waals surface area contributed by atoms with Crippen LogP contribution in [-0.4, -0.2) is 79.7 Å². The van der Waals surface area contributed by atoms with Crippen molar-refractivity contribution in [2.24, 2.45) is 10.7 Å². The molecule has 1 saturated heterocycles. The predicted octanol–water partition coefficient (Wildman–Crippen LogP) is 4.22. The summed E-state index contributed by atoms with van der Waals surface area (Å²) in [6.45, 7) is 2.49. The van der Waals surface area contributed by atoms with Gasteiger partial charge in [0.25, 0.3) is 5.91 Å². The van der Waals surface area contributed by atoms with Crippen molar-refractivity contribution in [2.45, 2.75) is 12.1 Å². The number of aromatic nitrogens is 1. The number of rotatable bonds is 7. The van der Waals surface area contributed by atoms with E-state index in [4.69, 9.17) is 26.8 Å². The van der Waals surface area contributed by atoms with Gasteiger partial charge < -0.3 is 25.0 Å². The van der Waals surface area contributed by atoms with Crippen LogP contribution in [0.1, 0.15) is 23.2 Å². The summed E-state index contributed by atoms with van der Waals surface area (Å²) in [6.07, 6.45) is 1.15. The Morgan fingerprint density at radius 3 is 2.61 bits per heavy atom. The highest BCUT2D eigenvalue weighted by molar-refractivity contribution is 7.19. The van der Waals surface area contributed by atoms with E-state index in [0.29, 0.717) is 40.4 Å². The number of hydrogen-bond acceptors (Lipinski definition) is 9. The highest BCUT2D eigenvalue weighted by atomic mass is 35.5. The molecule has 2 aromatic carbocycles. The first-order valence-corrected chi connectivity index (χ1v) is 13.9. The summed E-state index contributed by atoms with van der Waals surface area (Å²) in [5, 5.41) is 2.06. The highest BCUT2D eigenvalue weighted by Gasteiger charge is 2.40. The van der Waals surface area contributed by atoms with Gasteiger partial charge in [0.05, 0.1) is 30.5 Å². The number of ether oxygens (including phenoxy) is 2. The number of nitrogens with zero attached hydrogens (tertiary/aromatic N) is 5. The molecule has 0 spiro atoms. The molecule has 216 valence electrons. The van der Waals surface area contributed by atoms with Crippen LogP contribution in [0.4, 0.5) is 18.6 Å². The first kappa shape index (κ1) is 28.7.